The van der Waals surface area contributed by atoms with Gasteiger partial charge in [-0.15, -0.1) is 0 Å². The minimum atomic E-state index is -0.257. The van der Waals surface area contributed by atoms with Crippen molar-refractivity contribution in [2.45, 2.75) is 56.5 Å². The van der Waals surface area contributed by atoms with Gasteiger partial charge in [0.2, 0.25) is 5.89 Å². The number of fused-ring (bicyclic) bond motifs is 1. The average molecular weight is 341 g/mol. The highest BCUT2D eigenvalue weighted by Crippen LogP contribution is 2.48. The first-order valence-electron chi connectivity index (χ1n) is 9.24. The number of ether oxygens (including phenoxy) is 1. The molecule has 134 valence electrons. The van der Waals surface area contributed by atoms with E-state index in [2.05, 4.69) is 54.2 Å². The Morgan fingerprint density at radius 2 is 2.08 bits per heavy atom. The number of rotatable bonds is 5. The Kier molecular flexibility index (Phi) is 4.38. The second-order valence-electron chi connectivity index (χ2n) is 7.99. The van der Waals surface area contributed by atoms with E-state index in [-0.39, 0.29) is 5.41 Å². The van der Waals surface area contributed by atoms with E-state index < -0.39 is 0 Å². The molecule has 4 rings (SSSR count). The molecule has 0 spiro atoms. The minimum Gasteiger partial charge on any atom is -0.384 e. The molecule has 0 unspecified atom stereocenters. The van der Waals surface area contributed by atoms with Crippen LogP contribution < -0.4 is 0 Å². The minimum absolute atomic E-state index is 0.257. The summed E-state index contributed by atoms with van der Waals surface area (Å²) in [6.07, 6.45) is 3.54. The Morgan fingerprint density at radius 3 is 2.84 bits per heavy atom. The zero-order valence-electron chi connectivity index (χ0n) is 15.3. The van der Waals surface area contributed by atoms with Crippen molar-refractivity contribution in [1.29, 1.82) is 0 Å². The van der Waals surface area contributed by atoms with Crippen LogP contribution in [-0.2, 0) is 10.2 Å². The third-order valence-corrected chi connectivity index (χ3v) is 5.73. The summed E-state index contributed by atoms with van der Waals surface area (Å²) in [6.45, 7) is 5.90. The summed E-state index contributed by atoms with van der Waals surface area (Å²) in [5.74, 6) is 1.90. The molecule has 1 aromatic carbocycles. The molecular weight excluding hydrogens is 314 g/mol. The molecule has 0 radical (unpaired) electrons. The van der Waals surface area contributed by atoms with Gasteiger partial charge in [0.15, 0.2) is 5.82 Å². The van der Waals surface area contributed by atoms with Crippen molar-refractivity contribution in [1.82, 2.24) is 15.0 Å². The summed E-state index contributed by atoms with van der Waals surface area (Å²) in [5, 5.41) is 4.37. The van der Waals surface area contributed by atoms with Crippen molar-refractivity contribution in [3.8, 4) is 0 Å². The normalized spacial score (nSPS) is 26.9. The zero-order chi connectivity index (χ0) is 17.4. The number of benzene rings is 1. The molecule has 0 bridgehead atoms. The molecule has 1 aromatic heterocycles. The smallest absolute Gasteiger partial charge is 0.234 e. The van der Waals surface area contributed by atoms with Crippen LogP contribution >= 0.6 is 0 Å². The van der Waals surface area contributed by atoms with E-state index in [0.29, 0.717) is 30.5 Å². The maximum absolute atomic E-state index is 5.62. The number of hydrogen-bond donors (Lipinski definition) is 0. The Balaban J connectivity index is 1.60. The maximum Gasteiger partial charge on any atom is 0.234 e. The summed E-state index contributed by atoms with van der Waals surface area (Å²) in [5.41, 5.74) is 1.15. The lowest BCUT2D eigenvalue weighted by Gasteiger charge is -2.24. The van der Waals surface area contributed by atoms with Crippen molar-refractivity contribution in [2.24, 2.45) is 0 Å². The largest absolute Gasteiger partial charge is 0.384 e. The van der Waals surface area contributed by atoms with Gasteiger partial charge in [-0.1, -0.05) is 35.5 Å². The van der Waals surface area contributed by atoms with E-state index in [1.807, 2.05) is 0 Å². The first kappa shape index (κ1) is 16.7. The van der Waals surface area contributed by atoms with Crippen LogP contribution in [0.25, 0.3) is 0 Å². The van der Waals surface area contributed by atoms with Gasteiger partial charge in [0, 0.05) is 25.1 Å². The lowest BCUT2D eigenvalue weighted by atomic mass is 9.93. The van der Waals surface area contributed by atoms with Crippen LogP contribution in [0, 0.1) is 0 Å². The van der Waals surface area contributed by atoms with Crippen molar-refractivity contribution in [2.75, 3.05) is 20.3 Å². The SMILES string of the molecule is COCC(C)(C)c1nc([C@H]2C[C@@H](c3ccccc3)N3CCC[C@H]23)no1. The topological polar surface area (TPSA) is 51.4 Å². The molecule has 5 heteroatoms. The van der Waals surface area contributed by atoms with Crippen LogP contribution in [-0.4, -0.2) is 41.3 Å². The Hall–Kier alpha value is -1.72. The van der Waals surface area contributed by atoms with Crippen molar-refractivity contribution >= 4 is 0 Å². The van der Waals surface area contributed by atoms with Gasteiger partial charge in [-0.3, -0.25) is 4.90 Å². The molecule has 0 N–H and O–H groups in total. The van der Waals surface area contributed by atoms with Crippen LogP contribution in [0.1, 0.15) is 62.3 Å². The molecule has 2 aliphatic heterocycles. The van der Waals surface area contributed by atoms with Gasteiger partial charge >= 0.3 is 0 Å². The van der Waals surface area contributed by atoms with E-state index >= 15 is 0 Å². The van der Waals surface area contributed by atoms with E-state index in [9.17, 15) is 0 Å². The van der Waals surface area contributed by atoms with Gasteiger partial charge in [-0.25, -0.2) is 0 Å². The fourth-order valence-electron chi connectivity index (χ4n) is 4.53. The number of hydrogen-bond acceptors (Lipinski definition) is 5. The number of nitrogens with zero attached hydrogens (tertiary/aromatic N) is 3. The molecule has 25 heavy (non-hydrogen) atoms. The fourth-order valence-corrected chi connectivity index (χ4v) is 4.53. The predicted molar refractivity (Wildman–Crippen MR) is 95.5 cm³/mol. The molecule has 2 fully saturated rings. The lowest BCUT2D eigenvalue weighted by molar-refractivity contribution is 0.126. The second kappa shape index (κ2) is 6.54. The van der Waals surface area contributed by atoms with E-state index in [1.165, 1.54) is 24.9 Å². The number of aromatic nitrogens is 2. The van der Waals surface area contributed by atoms with Crippen molar-refractivity contribution in [3.63, 3.8) is 0 Å². The molecule has 2 saturated heterocycles. The fraction of sp³-hybridized carbons (Fsp3) is 0.600. The summed E-state index contributed by atoms with van der Waals surface area (Å²) >= 11 is 0. The summed E-state index contributed by atoms with van der Waals surface area (Å²) in [6, 6.07) is 11.8. The van der Waals surface area contributed by atoms with Crippen molar-refractivity contribution in [3.05, 3.63) is 47.6 Å². The molecular formula is C20H27N3O2. The maximum atomic E-state index is 5.62. The highest BCUT2D eigenvalue weighted by molar-refractivity contribution is 5.24. The molecule has 0 aliphatic carbocycles. The summed E-state index contributed by atoms with van der Waals surface area (Å²) in [7, 11) is 1.71. The van der Waals surface area contributed by atoms with Gasteiger partial charge in [0.05, 0.1) is 12.0 Å². The quantitative estimate of drug-likeness (QED) is 0.830. The Labute approximate surface area is 149 Å². The number of methoxy groups -OCH3 is 1. The standard InChI is InChI=1S/C20H27N3O2/c1-20(2,13-24-3)19-21-18(22-25-19)15-12-17(14-8-5-4-6-9-14)23-11-7-10-16(15)23/h4-6,8-9,15-17H,7,10-13H2,1-3H3/t15-,16+,17-/m0/s1. The van der Waals surface area contributed by atoms with Crippen molar-refractivity contribution < 1.29 is 9.26 Å². The Bertz CT molecular complexity index is 713. The zero-order valence-corrected chi connectivity index (χ0v) is 15.3. The van der Waals surface area contributed by atoms with Gasteiger partial charge in [-0.05, 0) is 45.2 Å². The molecule has 2 aromatic rings. The second-order valence-corrected chi connectivity index (χ2v) is 7.99. The first-order valence-corrected chi connectivity index (χ1v) is 9.24. The van der Waals surface area contributed by atoms with Gasteiger partial charge in [0.25, 0.3) is 0 Å². The molecule has 2 aliphatic rings. The summed E-state index contributed by atoms with van der Waals surface area (Å²) in [4.78, 5) is 7.44. The lowest BCUT2D eigenvalue weighted by Crippen LogP contribution is -2.28. The van der Waals surface area contributed by atoms with Crippen LogP contribution in [0.15, 0.2) is 34.9 Å². The van der Waals surface area contributed by atoms with E-state index in [4.69, 9.17) is 14.2 Å². The van der Waals surface area contributed by atoms with Crippen LogP contribution in [0.2, 0.25) is 0 Å². The van der Waals surface area contributed by atoms with Gasteiger partial charge in [0.1, 0.15) is 0 Å². The van der Waals surface area contributed by atoms with Crippen LogP contribution in [0.3, 0.4) is 0 Å². The van der Waals surface area contributed by atoms with Crippen LogP contribution in [0.4, 0.5) is 0 Å². The highest BCUT2D eigenvalue weighted by atomic mass is 16.5. The van der Waals surface area contributed by atoms with E-state index in [1.54, 1.807) is 7.11 Å². The molecule has 0 saturated carbocycles. The molecule has 3 atom stereocenters. The first-order chi connectivity index (χ1) is 12.1. The molecule has 5 nitrogen and oxygen atoms in total. The van der Waals surface area contributed by atoms with E-state index in [0.717, 1.165) is 12.2 Å². The van der Waals surface area contributed by atoms with Gasteiger partial charge in [-0.2, -0.15) is 4.98 Å². The molecule has 0 amide bonds. The Morgan fingerprint density at radius 1 is 1.28 bits per heavy atom. The average Bonchev–Trinajstić information content (AvgIpc) is 3.31. The highest BCUT2D eigenvalue weighted by Gasteiger charge is 2.46. The monoisotopic (exact) mass is 341 g/mol. The third-order valence-electron chi connectivity index (χ3n) is 5.73. The van der Waals surface area contributed by atoms with Gasteiger partial charge < -0.3 is 9.26 Å². The third kappa shape index (κ3) is 3.00. The predicted octanol–water partition coefficient (Wildman–Crippen LogP) is 3.69. The molecule has 3 heterocycles. The summed E-state index contributed by atoms with van der Waals surface area (Å²) < 4.78 is 10.9. The van der Waals surface area contributed by atoms with Crippen LogP contribution in [0.5, 0.6) is 0 Å².